The molecule has 6 heteroatoms. The second-order valence-electron chi connectivity index (χ2n) is 2.54. The molecule has 0 saturated carbocycles. The number of rotatable bonds is 3. The molecule has 0 bridgehead atoms. The van der Waals surface area contributed by atoms with E-state index < -0.39 is 11.0 Å². The van der Waals surface area contributed by atoms with E-state index in [0.717, 1.165) is 0 Å². The van der Waals surface area contributed by atoms with Crippen molar-refractivity contribution in [3.05, 3.63) is 28.1 Å². The van der Waals surface area contributed by atoms with E-state index in [-0.39, 0.29) is 12.1 Å². The predicted octanol–water partition coefficient (Wildman–Crippen LogP) is 0.836. The number of nitriles is 1. The molecular formula is C7H8N4O2. The molecule has 0 fully saturated rings. The van der Waals surface area contributed by atoms with Gasteiger partial charge in [-0.1, -0.05) is 0 Å². The number of H-pyrrole nitrogens is 1. The third-order valence-corrected chi connectivity index (χ3v) is 1.61. The molecule has 0 radical (unpaired) electrons. The fourth-order valence-corrected chi connectivity index (χ4v) is 0.928. The van der Waals surface area contributed by atoms with Gasteiger partial charge in [0.25, 0.3) is 5.69 Å². The second kappa shape index (κ2) is 3.69. The minimum absolute atomic E-state index is 0.0385. The molecule has 13 heavy (non-hydrogen) atoms. The molecule has 6 nitrogen and oxygen atoms in total. The lowest BCUT2D eigenvalue weighted by atomic mass is 10.2. The zero-order valence-electron chi connectivity index (χ0n) is 6.73. The van der Waals surface area contributed by atoms with Gasteiger partial charge in [-0.15, -0.1) is 0 Å². The maximum Gasteiger partial charge on any atom is 0.287 e. The van der Waals surface area contributed by atoms with Crippen LogP contribution in [0.1, 0.15) is 18.2 Å². The minimum Gasteiger partial charge on any atom is -0.358 e. The van der Waals surface area contributed by atoms with Crippen LogP contribution in [0.5, 0.6) is 0 Å². The molecule has 68 valence electrons. The van der Waals surface area contributed by atoms with Gasteiger partial charge in [0.15, 0.2) is 0 Å². The monoisotopic (exact) mass is 180 g/mol. The first kappa shape index (κ1) is 9.22. The summed E-state index contributed by atoms with van der Waals surface area (Å²) in [5.74, 6) is 0. The summed E-state index contributed by atoms with van der Waals surface area (Å²) in [6.45, 7) is 0. The van der Waals surface area contributed by atoms with E-state index in [1.807, 2.05) is 6.07 Å². The first-order chi connectivity index (χ1) is 6.15. The van der Waals surface area contributed by atoms with Crippen LogP contribution in [0.4, 0.5) is 5.69 Å². The van der Waals surface area contributed by atoms with Gasteiger partial charge >= 0.3 is 0 Å². The predicted molar refractivity (Wildman–Crippen MR) is 44.6 cm³/mol. The molecule has 0 unspecified atom stereocenters. The fourth-order valence-electron chi connectivity index (χ4n) is 0.928. The smallest absolute Gasteiger partial charge is 0.287 e. The van der Waals surface area contributed by atoms with Gasteiger partial charge in [-0.25, -0.2) is 0 Å². The first-order valence-corrected chi connectivity index (χ1v) is 3.60. The Kier molecular flexibility index (Phi) is 2.62. The molecule has 0 aliphatic rings. The van der Waals surface area contributed by atoms with Crippen LogP contribution in [0.15, 0.2) is 12.3 Å². The molecule has 0 aliphatic carbocycles. The summed E-state index contributed by atoms with van der Waals surface area (Å²) in [6, 6.07) is 2.74. The fraction of sp³-hybridized carbons (Fsp3) is 0.286. The summed E-state index contributed by atoms with van der Waals surface area (Å²) in [5, 5.41) is 18.6. The van der Waals surface area contributed by atoms with Crippen molar-refractivity contribution in [1.82, 2.24) is 4.98 Å². The van der Waals surface area contributed by atoms with Crippen LogP contribution >= 0.6 is 0 Å². The van der Waals surface area contributed by atoms with Crippen molar-refractivity contribution < 1.29 is 4.92 Å². The van der Waals surface area contributed by atoms with Crippen molar-refractivity contribution in [3.8, 4) is 6.07 Å². The highest BCUT2D eigenvalue weighted by Gasteiger charge is 2.13. The number of aromatic nitrogens is 1. The Balaban J connectivity index is 2.80. The van der Waals surface area contributed by atoms with E-state index in [2.05, 4.69) is 4.98 Å². The van der Waals surface area contributed by atoms with E-state index >= 15 is 0 Å². The molecule has 0 aliphatic heterocycles. The van der Waals surface area contributed by atoms with Crippen LogP contribution in [0.3, 0.4) is 0 Å². The Morgan fingerprint density at radius 2 is 2.54 bits per heavy atom. The van der Waals surface area contributed by atoms with Crippen LogP contribution in [-0.2, 0) is 0 Å². The van der Waals surface area contributed by atoms with Crippen molar-refractivity contribution in [1.29, 1.82) is 5.26 Å². The van der Waals surface area contributed by atoms with E-state index in [1.165, 1.54) is 12.3 Å². The summed E-state index contributed by atoms with van der Waals surface area (Å²) in [6.07, 6.45) is 1.39. The summed E-state index contributed by atoms with van der Waals surface area (Å²) in [7, 11) is 0. The maximum absolute atomic E-state index is 10.3. The maximum atomic E-state index is 10.3. The summed E-state index contributed by atoms with van der Waals surface area (Å²) in [5.41, 5.74) is 6.01. The summed E-state index contributed by atoms with van der Waals surface area (Å²) < 4.78 is 0. The topological polar surface area (TPSA) is 109 Å². The van der Waals surface area contributed by atoms with E-state index in [0.29, 0.717) is 5.69 Å². The lowest BCUT2D eigenvalue weighted by Gasteiger charge is -2.01. The van der Waals surface area contributed by atoms with Gasteiger partial charge in [-0.05, 0) is 0 Å². The molecule has 0 amide bonds. The molecule has 3 N–H and O–H groups in total. The number of nitrogens with one attached hydrogen (secondary N) is 1. The summed E-state index contributed by atoms with van der Waals surface area (Å²) in [4.78, 5) is 12.4. The van der Waals surface area contributed by atoms with Crippen LogP contribution in [0.2, 0.25) is 0 Å². The normalized spacial score (nSPS) is 12.0. The average Bonchev–Trinajstić information content (AvgIpc) is 2.52. The minimum atomic E-state index is -0.515. The molecule has 1 heterocycles. The highest BCUT2D eigenvalue weighted by atomic mass is 16.6. The SMILES string of the molecule is N#CC[C@@H](N)c1cc([N+](=O)[O-])c[nH]1. The standard InChI is InChI=1S/C7H8N4O2/c8-2-1-6(9)7-3-5(4-10-7)11(12)13/h3-4,6,10H,1,9H2/t6-/m1/s1. The van der Waals surface area contributed by atoms with Crippen molar-refractivity contribution in [2.75, 3.05) is 0 Å². The first-order valence-electron chi connectivity index (χ1n) is 3.60. The molecule has 1 aromatic heterocycles. The van der Waals surface area contributed by atoms with Gasteiger partial charge in [0.05, 0.1) is 29.7 Å². The van der Waals surface area contributed by atoms with Gasteiger partial charge < -0.3 is 10.7 Å². The molecule has 0 spiro atoms. The Hall–Kier alpha value is -1.87. The van der Waals surface area contributed by atoms with E-state index in [4.69, 9.17) is 11.0 Å². The Bertz CT molecular complexity index is 352. The third-order valence-electron chi connectivity index (χ3n) is 1.61. The van der Waals surface area contributed by atoms with Crippen LogP contribution in [0, 0.1) is 21.4 Å². The third kappa shape index (κ3) is 2.04. The summed E-state index contributed by atoms with van der Waals surface area (Å²) >= 11 is 0. The van der Waals surface area contributed by atoms with Crippen molar-refractivity contribution in [2.45, 2.75) is 12.5 Å². The Labute approximate surface area is 74.1 Å². The molecule has 0 saturated heterocycles. The number of hydrogen-bond acceptors (Lipinski definition) is 4. The number of nitrogens with two attached hydrogens (primary N) is 1. The number of nitro groups is 1. The van der Waals surface area contributed by atoms with Crippen LogP contribution in [0.25, 0.3) is 0 Å². The zero-order valence-corrected chi connectivity index (χ0v) is 6.73. The van der Waals surface area contributed by atoms with Gasteiger partial charge in [0.2, 0.25) is 0 Å². The molecular weight excluding hydrogens is 172 g/mol. The lowest BCUT2D eigenvalue weighted by molar-refractivity contribution is -0.384. The van der Waals surface area contributed by atoms with Gasteiger partial charge in [-0.3, -0.25) is 10.1 Å². The molecule has 1 aromatic rings. The zero-order chi connectivity index (χ0) is 9.84. The van der Waals surface area contributed by atoms with Gasteiger partial charge in [0.1, 0.15) is 0 Å². The number of aromatic amines is 1. The molecule has 1 rings (SSSR count). The largest absolute Gasteiger partial charge is 0.358 e. The molecule has 1 atom stereocenters. The number of nitrogens with zero attached hydrogens (tertiary/aromatic N) is 2. The molecule has 0 aromatic carbocycles. The quantitative estimate of drug-likeness (QED) is 0.530. The second-order valence-corrected chi connectivity index (χ2v) is 2.54. The van der Waals surface area contributed by atoms with E-state index in [9.17, 15) is 10.1 Å². The highest BCUT2D eigenvalue weighted by Crippen LogP contribution is 2.18. The van der Waals surface area contributed by atoms with E-state index in [1.54, 1.807) is 0 Å². The van der Waals surface area contributed by atoms with Crippen molar-refractivity contribution in [2.24, 2.45) is 5.73 Å². The van der Waals surface area contributed by atoms with Gasteiger partial charge in [0, 0.05) is 11.8 Å². The highest BCUT2D eigenvalue weighted by molar-refractivity contribution is 5.31. The Morgan fingerprint density at radius 1 is 1.85 bits per heavy atom. The van der Waals surface area contributed by atoms with Crippen LogP contribution in [-0.4, -0.2) is 9.91 Å². The van der Waals surface area contributed by atoms with Crippen molar-refractivity contribution in [3.63, 3.8) is 0 Å². The van der Waals surface area contributed by atoms with Gasteiger partial charge in [-0.2, -0.15) is 5.26 Å². The Morgan fingerprint density at radius 3 is 3.00 bits per heavy atom. The van der Waals surface area contributed by atoms with Crippen LogP contribution < -0.4 is 5.73 Å². The van der Waals surface area contributed by atoms with Crippen molar-refractivity contribution >= 4 is 5.69 Å². The average molecular weight is 180 g/mol. The number of hydrogen-bond donors (Lipinski definition) is 2. The lowest BCUT2D eigenvalue weighted by Crippen LogP contribution is -2.09.